The average Bonchev–Trinajstić information content (AvgIpc) is 2.26. The summed E-state index contributed by atoms with van der Waals surface area (Å²) in [4.78, 5) is 10.7. The van der Waals surface area contributed by atoms with Crippen molar-refractivity contribution in [2.75, 3.05) is 0 Å². The number of carbonyl (C=O) groups is 1. The highest BCUT2D eigenvalue weighted by molar-refractivity contribution is 5.88. The zero-order chi connectivity index (χ0) is 12.3. The maximum atomic E-state index is 12.6. The Kier molecular flexibility index (Phi) is 3.56. The lowest BCUT2D eigenvalue weighted by Gasteiger charge is -2.09. The molecule has 84 valence electrons. The van der Waals surface area contributed by atoms with E-state index >= 15 is 0 Å². The summed E-state index contributed by atoms with van der Waals surface area (Å²) in [5.74, 6) is -1.28. The summed E-state index contributed by atoms with van der Waals surface area (Å²) in [6, 6.07) is 3.80. The summed E-state index contributed by atoms with van der Waals surface area (Å²) in [5.41, 5.74) is -0.523. The molecule has 0 aliphatic rings. The lowest BCUT2D eigenvalue weighted by Crippen LogP contribution is -2.04. The van der Waals surface area contributed by atoms with Crippen LogP contribution in [0.25, 0.3) is 0 Å². The lowest BCUT2D eigenvalue weighted by atomic mass is 9.97. The van der Waals surface area contributed by atoms with E-state index in [9.17, 15) is 13.6 Å². The standard InChI is InChI=1S/C11H9F2NO2/c1-2-6-3-7(11(15)16)4-8(10(12)13)9(6)5-14/h3-4,10H,2H2,1H3,(H,15,16). The topological polar surface area (TPSA) is 61.1 Å². The number of hydrogen-bond donors (Lipinski definition) is 1. The van der Waals surface area contributed by atoms with Crippen molar-refractivity contribution in [3.63, 3.8) is 0 Å². The second-order valence-electron chi connectivity index (χ2n) is 3.17. The van der Waals surface area contributed by atoms with Crippen molar-refractivity contribution in [1.29, 1.82) is 5.26 Å². The first-order valence-electron chi connectivity index (χ1n) is 4.59. The Morgan fingerprint density at radius 3 is 2.56 bits per heavy atom. The van der Waals surface area contributed by atoms with Gasteiger partial charge in [0.2, 0.25) is 0 Å². The van der Waals surface area contributed by atoms with Crippen LogP contribution in [0.1, 0.15) is 40.4 Å². The molecule has 16 heavy (non-hydrogen) atoms. The molecule has 0 amide bonds. The minimum atomic E-state index is -2.85. The van der Waals surface area contributed by atoms with E-state index in [1.54, 1.807) is 13.0 Å². The van der Waals surface area contributed by atoms with E-state index in [0.29, 0.717) is 12.0 Å². The number of carboxylic acids is 1. The van der Waals surface area contributed by atoms with Crippen molar-refractivity contribution >= 4 is 5.97 Å². The SMILES string of the molecule is CCc1cc(C(=O)O)cc(C(F)F)c1C#N. The Labute approximate surface area is 90.9 Å². The molecule has 3 nitrogen and oxygen atoms in total. The van der Waals surface area contributed by atoms with Gasteiger partial charge in [-0.25, -0.2) is 13.6 Å². The van der Waals surface area contributed by atoms with Crippen LogP contribution in [-0.2, 0) is 6.42 Å². The Morgan fingerprint density at radius 1 is 1.56 bits per heavy atom. The van der Waals surface area contributed by atoms with Crippen LogP contribution in [0.2, 0.25) is 0 Å². The van der Waals surface area contributed by atoms with Crippen LogP contribution in [0, 0.1) is 11.3 Å². The number of alkyl halides is 2. The van der Waals surface area contributed by atoms with Gasteiger partial charge in [0.25, 0.3) is 6.43 Å². The van der Waals surface area contributed by atoms with Crippen molar-refractivity contribution in [2.24, 2.45) is 0 Å². The first kappa shape index (κ1) is 12.1. The van der Waals surface area contributed by atoms with Gasteiger partial charge in [-0.15, -0.1) is 0 Å². The molecular formula is C11H9F2NO2. The van der Waals surface area contributed by atoms with Gasteiger partial charge in [0.05, 0.1) is 17.2 Å². The highest BCUT2D eigenvalue weighted by atomic mass is 19.3. The molecule has 0 aromatic heterocycles. The molecule has 0 aliphatic carbocycles. The molecule has 1 rings (SSSR count). The predicted molar refractivity (Wildman–Crippen MR) is 52.5 cm³/mol. The van der Waals surface area contributed by atoms with Gasteiger partial charge < -0.3 is 5.11 Å². The average molecular weight is 225 g/mol. The smallest absolute Gasteiger partial charge is 0.335 e. The zero-order valence-electron chi connectivity index (χ0n) is 8.50. The summed E-state index contributed by atoms with van der Waals surface area (Å²) >= 11 is 0. The molecule has 1 aromatic carbocycles. The van der Waals surface area contributed by atoms with Gasteiger partial charge in [0.15, 0.2) is 0 Å². The first-order valence-corrected chi connectivity index (χ1v) is 4.59. The van der Waals surface area contributed by atoms with Crippen molar-refractivity contribution in [1.82, 2.24) is 0 Å². The van der Waals surface area contributed by atoms with Crippen LogP contribution in [0.3, 0.4) is 0 Å². The quantitative estimate of drug-likeness (QED) is 0.860. The molecule has 0 unspecified atom stereocenters. The highest BCUT2D eigenvalue weighted by Gasteiger charge is 2.19. The first-order chi connectivity index (χ1) is 7.51. The Hall–Kier alpha value is -1.96. The Morgan fingerprint density at radius 2 is 2.19 bits per heavy atom. The molecule has 0 atom stereocenters. The molecular weight excluding hydrogens is 216 g/mol. The van der Waals surface area contributed by atoms with Crippen LogP contribution in [-0.4, -0.2) is 11.1 Å². The summed E-state index contributed by atoms with van der Waals surface area (Å²) in [6.45, 7) is 1.68. The van der Waals surface area contributed by atoms with Crippen LogP contribution in [0.4, 0.5) is 8.78 Å². The second-order valence-corrected chi connectivity index (χ2v) is 3.17. The molecule has 0 bridgehead atoms. The number of aromatic carboxylic acids is 1. The monoisotopic (exact) mass is 225 g/mol. The number of nitrogens with zero attached hydrogens (tertiary/aromatic N) is 1. The van der Waals surface area contributed by atoms with E-state index in [-0.39, 0.29) is 11.1 Å². The Bertz CT molecular complexity index is 464. The van der Waals surface area contributed by atoms with Crippen molar-refractivity contribution in [3.8, 4) is 6.07 Å². The minimum Gasteiger partial charge on any atom is -0.478 e. The van der Waals surface area contributed by atoms with E-state index in [1.165, 1.54) is 6.07 Å². The molecule has 1 N–H and O–H groups in total. The Balaban J connectivity index is 3.51. The van der Waals surface area contributed by atoms with E-state index in [0.717, 1.165) is 6.07 Å². The van der Waals surface area contributed by atoms with Crippen molar-refractivity contribution < 1.29 is 18.7 Å². The van der Waals surface area contributed by atoms with E-state index in [4.69, 9.17) is 10.4 Å². The molecule has 0 saturated carbocycles. The third-order valence-corrected chi connectivity index (χ3v) is 2.23. The molecule has 0 radical (unpaired) electrons. The van der Waals surface area contributed by atoms with Crippen LogP contribution in [0.15, 0.2) is 12.1 Å². The number of rotatable bonds is 3. The van der Waals surface area contributed by atoms with Gasteiger partial charge in [-0.3, -0.25) is 0 Å². The maximum Gasteiger partial charge on any atom is 0.335 e. The third kappa shape index (κ3) is 2.16. The maximum absolute atomic E-state index is 12.6. The summed E-state index contributed by atoms with van der Waals surface area (Å²) in [6.07, 6.45) is -2.51. The number of nitriles is 1. The van der Waals surface area contributed by atoms with E-state index in [1.807, 2.05) is 0 Å². The highest BCUT2D eigenvalue weighted by Crippen LogP contribution is 2.27. The van der Waals surface area contributed by atoms with Gasteiger partial charge in [-0.05, 0) is 24.1 Å². The number of benzene rings is 1. The van der Waals surface area contributed by atoms with Gasteiger partial charge in [0, 0.05) is 5.56 Å². The van der Waals surface area contributed by atoms with Gasteiger partial charge in [-0.1, -0.05) is 6.92 Å². The van der Waals surface area contributed by atoms with Gasteiger partial charge >= 0.3 is 5.97 Å². The largest absolute Gasteiger partial charge is 0.478 e. The van der Waals surface area contributed by atoms with E-state index < -0.39 is 18.0 Å². The molecule has 0 aliphatic heterocycles. The normalized spacial score (nSPS) is 10.2. The predicted octanol–water partition coefficient (Wildman–Crippen LogP) is 2.76. The molecule has 0 saturated heterocycles. The number of aryl methyl sites for hydroxylation is 1. The molecule has 0 fully saturated rings. The second kappa shape index (κ2) is 4.71. The fraction of sp³-hybridized carbons (Fsp3) is 0.273. The van der Waals surface area contributed by atoms with Crippen molar-refractivity contribution in [2.45, 2.75) is 19.8 Å². The van der Waals surface area contributed by atoms with Crippen LogP contribution >= 0.6 is 0 Å². The summed E-state index contributed by atoms with van der Waals surface area (Å²) in [5, 5.41) is 17.5. The lowest BCUT2D eigenvalue weighted by molar-refractivity contribution is 0.0696. The summed E-state index contributed by atoms with van der Waals surface area (Å²) < 4.78 is 25.3. The number of carboxylic acid groups (broad SMARTS) is 1. The molecule has 1 aromatic rings. The fourth-order valence-corrected chi connectivity index (χ4v) is 1.44. The molecule has 0 spiro atoms. The van der Waals surface area contributed by atoms with Crippen LogP contribution < -0.4 is 0 Å². The number of hydrogen-bond acceptors (Lipinski definition) is 2. The summed E-state index contributed by atoms with van der Waals surface area (Å²) in [7, 11) is 0. The molecule has 5 heteroatoms. The van der Waals surface area contributed by atoms with Crippen LogP contribution in [0.5, 0.6) is 0 Å². The van der Waals surface area contributed by atoms with Gasteiger partial charge in [0.1, 0.15) is 0 Å². The number of halogens is 2. The fourth-order valence-electron chi connectivity index (χ4n) is 1.44. The minimum absolute atomic E-state index is 0.123. The zero-order valence-corrected chi connectivity index (χ0v) is 8.50. The van der Waals surface area contributed by atoms with Crippen molar-refractivity contribution in [3.05, 3.63) is 34.4 Å². The molecule has 0 heterocycles. The van der Waals surface area contributed by atoms with Gasteiger partial charge in [-0.2, -0.15) is 5.26 Å². The van der Waals surface area contributed by atoms with E-state index in [2.05, 4.69) is 0 Å². The third-order valence-electron chi connectivity index (χ3n) is 2.23.